The second-order valence-corrected chi connectivity index (χ2v) is 6.67. The normalized spacial score (nSPS) is 15.0. The molecule has 0 unspecified atom stereocenters. The van der Waals surface area contributed by atoms with Gasteiger partial charge in [-0.05, 0) is 24.3 Å². The minimum absolute atomic E-state index is 0.156. The first kappa shape index (κ1) is 31.3. The number of hydrogen-bond donors (Lipinski definition) is 0. The molecule has 0 radical (unpaired) electrons. The van der Waals surface area contributed by atoms with Gasteiger partial charge >= 0.3 is 53.6 Å². The van der Waals surface area contributed by atoms with Crippen molar-refractivity contribution in [2.45, 2.75) is 47.6 Å². The van der Waals surface area contributed by atoms with E-state index >= 15 is 0 Å². The first-order chi connectivity index (χ1) is 15.7. The van der Waals surface area contributed by atoms with Crippen molar-refractivity contribution in [2.24, 2.45) is 0 Å². The number of hydrogen-bond acceptors (Lipinski definition) is 2. The van der Waals surface area contributed by atoms with Crippen LogP contribution in [0.4, 0.5) is 74.6 Å². The van der Waals surface area contributed by atoms with Gasteiger partial charge in [-0.3, -0.25) is 0 Å². The van der Waals surface area contributed by atoms with E-state index in [1.165, 1.54) is 0 Å². The SMILES string of the molecule is C=CC(=O)Oc1ccc(C(F)(F)C(F)(F)C(F)(F)C(F)(F)C(F)(F)C(F)(F)C(F)(F)C(F)(F)F)cc1. The largest absolute Gasteiger partial charge is 0.460 e. The van der Waals surface area contributed by atoms with Crippen molar-refractivity contribution >= 4 is 5.97 Å². The van der Waals surface area contributed by atoms with E-state index in [1.54, 1.807) is 0 Å². The summed E-state index contributed by atoms with van der Waals surface area (Å²) in [5.41, 5.74) is -2.42. The minimum atomic E-state index is -8.69. The Morgan fingerprint density at radius 3 is 1.25 bits per heavy atom. The molecule has 0 saturated heterocycles. The summed E-state index contributed by atoms with van der Waals surface area (Å²) < 4.78 is 230. The molecule has 206 valence electrons. The summed E-state index contributed by atoms with van der Waals surface area (Å²) in [5.74, 6) is -59.1. The van der Waals surface area contributed by atoms with E-state index in [2.05, 4.69) is 11.3 Å². The molecule has 0 N–H and O–H groups in total. The summed E-state index contributed by atoms with van der Waals surface area (Å²) in [6, 6.07) is -0.302. The molecule has 0 atom stereocenters. The van der Waals surface area contributed by atoms with Crippen LogP contribution in [0.5, 0.6) is 5.75 Å². The molecular formula is C17H7F17O2. The smallest absolute Gasteiger partial charge is 0.423 e. The topological polar surface area (TPSA) is 26.3 Å². The quantitative estimate of drug-likeness (QED) is 0.136. The van der Waals surface area contributed by atoms with Crippen molar-refractivity contribution in [3.05, 3.63) is 42.5 Å². The van der Waals surface area contributed by atoms with Crippen molar-refractivity contribution in [1.82, 2.24) is 0 Å². The minimum Gasteiger partial charge on any atom is -0.423 e. The second kappa shape index (κ2) is 8.67. The van der Waals surface area contributed by atoms with Gasteiger partial charge in [-0.25, -0.2) is 4.79 Å². The number of alkyl halides is 17. The van der Waals surface area contributed by atoms with Gasteiger partial charge in [-0.1, -0.05) is 6.58 Å². The Balaban J connectivity index is 3.62. The summed E-state index contributed by atoms with van der Waals surface area (Å²) in [7, 11) is 0. The summed E-state index contributed by atoms with van der Waals surface area (Å²) in [6.07, 6.45) is -7.33. The van der Waals surface area contributed by atoms with Crippen LogP contribution in [0.2, 0.25) is 0 Å². The zero-order valence-corrected chi connectivity index (χ0v) is 16.3. The first-order valence-electron chi connectivity index (χ1n) is 8.34. The fraction of sp³-hybridized carbons (Fsp3) is 0.471. The van der Waals surface area contributed by atoms with Crippen molar-refractivity contribution in [2.75, 3.05) is 0 Å². The average Bonchev–Trinajstić information content (AvgIpc) is 2.72. The van der Waals surface area contributed by atoms with Gasteiger partial charge in [0.1, 0.15) is 5.75 Å². The Morgan fingerprint density at radius 1 is 0.583 bits per heavy atom. The van der Waals surface area contributed by atoms with Crippen LogP contribution in [0.15, 0.2) is 36.9 Å². The molecule has 36 heavy (non-hydrogen) atoms. The predicted molar refractivity (Wildman–Crippen MR) is 81.9 cm³/mol. The Morgan fingerprint density at radius 2 is 0.917 bits per heavy atom. The van der Waals surface area contributed by atoms with Gasteiger partial charge in [0.2, 0.25) is 0 Å². The maximum atomic E-state index is 14.1. The summed E-state index contributed by atoms with van der Waals surface area (Å²) in [4.78, 5) is 10.9. The molecule has 0 fully saturated rings. The standard InChI is InChI=1S/C17H7F17O2/c1-2-9(35)36-8-5-3-7(4-6-8)10(18,19)11(20,21)12(22,23)13(24,25)14(26,27)15(28,29)16(30,31)17(32,33)34/h2-6H,1H2. The molecule has 0 bridgehead atoms. The lowest BCUT2D eigenvalue weighted by atomic mass is 9.87. The van der Waals surface area contributed by atoms with E-state index in [1.807, 2.05) is 0 Å². The van der Waals surface area contributed by atoms with Gasteiger partial charge in [0.05, 0.1) is 0 Å². The molecule has 0 saturated carbocycles. The molecule has 0 spiro atoms. The van der Waals surface area contributed by atoms with Gasteiger partial charge in [-0.2, -0.15) is 74.6 Å². The number of ether oxygens (including phenoxy) is 1. The maximum absolute atomic E-state index is 14.1. The Hall–Kier alpha value is -2.76. The number of carbonyl (C=O) groups excluding carboxylic acids is 1. The molecule has 1 aromatic carbocycles. The molecule has 2 nitrogen and oxygen atoms in total. The van der Waals surface area contributed by atoms with Crippen LogP contribution in [0.25, 0.3) is 0 Å². The van der Waals surface area contributed by atoms with E-state index < -0.39 is 64.9 Å². The third-order valence-electron chi connectivity index (χ3n) is 4.32. The molecule has 0 aliphatic rings. The number of halogens is 17. The van der Waals surface area contributed by atoms with Gasteiger partial charge in [0.25, 0.3) is 0 Å². The summed E-state index contributed by atoms with van der Waals surface area (Å²) in [6.45, 7) is 2.89. The van der Waals surface area contributed by atoms with Crippen molar-refractivity contribution in [1.29, 1.82) is 0 Å². The maximum Gasteiger partial charge on any atom is 0.460 e. The van der Waals surface area contributed by atoms with E-state index in [9.17, 15) is 79.4 Å². The highest BCUT2D eigenvalue weighted by molar-refractivity contribution is 5.83. The molecule has 0 aliphatic heterocycles. The number of carbonyl (C=O) groups is 1. The lowest BCUT2D eigenvalue weighted by Crippen LogP contribution is -2.74. The molecule has 0 amide bonds. The van der Waals surface area contributed by atoms with E-state index in [-0.39, 0.29) is 24.3 Å². The van der Waals surface area contributed by atoms with Crippen molar-refractivity contribution in [3.8, 4) is 5.75 Å². The number of esters is 1. The van der Waals surface area contributed by atoms with E-state index in [0.29, 0.717) is 6.08 Å². The highest BCUT2D eigenvalue weighted by Gasteiger charge is 2.95. The third-order valence-corrected chi connectivity index (χ3v) is 4.32. The van der Waals surface area contributed by atoms with Crippen LogP contribution < -0.4 is 4.74 Å². The number of benzene rings is 1. The van der Waals surface area contributed by atoms with E-state index in [0.717, 1.165) is 0 Å². The fourth-order valence-electron chi connectivity index (χ4n) is 2.24. The molecule has 1 rings (SSSR count). The van der Waals surface area contributed by atoms with Crippen LogP contribution in [0.3, 0.4) is 0 Å². The summed E-state index contributed by atoms with van der Waals surface area (Å²) in [5, 5.41) is 0. The molecule has 1 aromatic rings. The third kappa shape index (κ3) is 4.22. The second-order valence-electron chi connectivity index (χ2n) is 6.67. The van der Waals surface area contributed by atoms with E-state index in [4.69, 9.17) is 0 Å². The highest BCUT2D eigenvalue weighted by Crippen LogP contribution is 2.65. The monoisotopic (exact) mass is 566 g/mol. The van der Waals surface area contributed by atoms with Crippen LogP contribution in [0, 0.1) is 0 Å². The van der Waals surface area contributed by atoms with Crippen LogP contribution in [0.1, 0.15) is 5.56 Å². The predicted octanol–water partition coefficient (Wildman–Crippen LogP) is 7.24. The zero-order valence-electron chi connectivity index (χ0n) is 16.3. The Kier molecular flexibility index (Phi) is 7.53. The lowest BCUT2D eigenvalue weighted by Gasteiger charge is -2.42. The van der Waals surface area contributed by atoms with Gasteiger partial charge in [0, 0.05) is 11.6 Å². The molecule has 19 heteroatoms. The highest BCUT2D eigenvalue weighted by atomic mass is 19.4. The van der Waals surface area contributed by atoms with Crippen LogP contribution in [-0.4, -0.2) is 47.7 Å². The number of rotatable bonds is 9. The van der Waals surface area contributed by atoms with Crippen LogP contribution >= 0.6 is 0 Å². The average molecular weight is 566 g/mol. The van der Waals surface area contributed by atoms with Gasteiger partial charge in [0.15, 0.2) is 0 Å². The molecule has 0 aliphatic carbocycles. The van der Waals surface area contributed by atoms with Crippen LogP contribution in [-0.2, 0) is 10.7 Å². The fourth-order valence-corrected chi connectivity index (χ4v) is 2.24. The Bertz CT molecular complexity index is 976. The first-order valence-corrected chi connectivity index (χ1v) is 8.34. The molecular weight excluding hydrogens is 559 g/mol. The van der Waals surface area contributed by atoms with Crippen molar-refractivity contribution < 1.29 is 84.2 Å². The van der Waals surface area contributed by atoms with Gasteiger partial charge < -0.3 is 4.74 Å². The zero-order chi connectivity index (χ0) is 29.0. The summed E-state index contributed by atoms with van der Waals surface area (Å²) >= 11 is 0. The Labute approximate surface area is 187 Å². The lowest BCUT2D eigenvalue weighted by molar-refractivity contribution is -0.462. The van der Waals surface area contributed by atoms with Gasteiger partial charge in [-0.15, -0.1) is 0 Å². The molecule has 0 aromatic heterocycles. The van der Waals surface area contributed by atoms with Crippen molar-refractivity contribution in [3.63, 3.8) is 0 Å². The molecule has 0 heterocycles.